The average molecular weight is 327 g/mol. The van der Waals surface area contributed by atoms with E-state index in [1.807, 2.05) is 12.1 Å². The summed E-state index contributed by atoms with van der Waals surface area (Å²) in [6.45, 7) is 2.41. The van der Waals surface area contributed by atoms with Crippen molar-refractivity contribution < 1.29 is 14.3 Å². The highest BCUT2D eigenvalue weighted by Gasteiger charge is 2.20. The van der Waals surface area contributed by atoms with Crippen LogP contribution in [0.2, 0.25) is 0 Å². The van der Waals surface area contributed by atoms with E-state index >= 15 is 0 Å². The third-order valence-electron chi connectivity index (χ3n) is 3.76. The van der Waals surface area contributed by atoms with Crippen LogP contribution in [0.5, 0.6) is 0 Å². The highest BCUT2D eigenvalue weighted by atomic mass is 35.5. The second kappa shape index (κ2) is 9.43. The molecule has 0 radical (unpaired) electrons. The van der Waals surface area contributed by atoms with Gasteiger partial charge in [0.2, 0.25) is 5.91 Å². The first-order chi connectivity index (χ1) is 10.2. The van der Waals surface area contributed by atoms with E-state index in [9.17, 15) is 9.59 Å². The summed E-state index contributed by atoms with van der Waals surface area (Å²) >= 11 is 0. The molecule has 6 heteroatoms. The van der Waals surface area contributed by atoms with Gasteiger partial charge in [0.1, 0.15) is 0 Å². The number of nitrogens with one attached hydrogen (secondary N) is 2. The van der Waals surface area contributed by atoms with Crippen molar-refractivity contribution >= 4 is 24.3 Å². The van der Waals surface area contributed by atoms with Gasteiger partial charge in [-0.25, -0.2) is 4.79 Å². The molecule has 1 amide bonds. The molecule has 1 aromatic carbocycles. The maximum atomic E-state index is 12.0. The lowest BCUT2D eigenvalue weighted by Gasteiger charge is -2.21. The van der Waals surface area contributed by atoms with E-state index < -0.39 is 0 Å². The van der Waals surface area contributed by atoms with Crippen LogP contribution in [0.1, 0.15) is 28.8 Å². The van der Waals surface area contributed by atoms with Crippen LogP contribution in [0.25, 0.3) is 0 Å². The molecule has 1 aliphatic rings. The molecule has 22 heavy (non-hydrogen) atoms. The fourth-order valence-electron chi connectivity index (χ4n) is 2.48. The highest BCUT2D eigenvalue weighted by molar-refractivity contribution is 5.89. The molecule has 0 aromatic heterocycles. The topological polar surface area (TPSA) is 67.4 Å². The van der Waals surface area contributed by atoms with Crippen LogP contribution in [-0.4, -0.2) is 38.6 Å². The number of carbonyl (C=O) groups is 2. The number of amides is 1. The Balaban J connectivity index is 0.00000242. The van der Waals surface area contributed by atoms with E-state index in [1.165, 1.54) is 7.11 Å². The Labute approximate surface area is 137 Å². The number of piperidine rings is 1. The minimum atomic E-state index is -0.334. The maximum absolute atomic E-state index is 12.0. The van der Waals surface area contributed by atoms with Crippen molar-refractivity contribution in [3.63, 3.8) is 0 Å². The fraction of sp³-hybridized carbons (Fsp3) is 0.500. The Morgan fingerprint density at radius 3 is 2.64 bits per heavy atom. The molecule has 122 valence electrons. The molecule has 1 fully saturated rings. The molecule has 5 nitrogen and oxygen atoms in total. The Hall–Kier alpha value is -1.59. The van der Waals surface area contributed by atoms with Gasteiger partial charge in [0.25, 0.3) is 0 Å². The van der Waals surface area contributed by atoms with Crippen LogP contribution in [0.3, 0.4) is 0 Å². The third-order valence-corrected chi connectivity index (χ3v) is 3.76. The molecule has 1 atom stereocenters. The fourth-order valence-corrected chi connectivity index (χ4v) is 2.48. The van der Waals surface area contributed by atoms with Gasteiger partial charge in [0.15, 0.2) is 0 Å². The predicted molar refractivity (Wildman–Crippen MR) is 87.3 cm³/mol. The molecule has 1 heterocycles. The molecule has 1 aromatic rings. The summed E-state index contributed by atoms with van der Waals surface area (Å²) in [5.74, 6) is -0.103. The molecule has 1 unspecified atom stereocenters. The molecule has 0 saturated carbocycles. The Kier molecular flexibility index (Phi) is 7.91. The van der Waals surface area contributed by atoms with E-state index in [2.05, 4.69) is 15.4 Å². The number of hydrogen-bond acceptors (Lipinski definition) is 4. The minimum absolute atomic E-state index is 0. The summed E-state index contributed by atoms with van der Waals surface area (Å²) in [5.41, 5.74) is 1.63. The normalized spacial score (nSPS) is 17.2. The van der Waals surface area contributed by atoms with Crippen LogP contribution in [0.15, 0.2) is 24.3 Å². The van der Waals surface area contributed by atoms with Gasteiger partial charge in [-0.3, -0.25) is 4.79 Å². The molecule has 2 N–H and O–H groups in total. The van der Waals surface area contributed by atoms with E-state index in [-0.39, 0.29) is 30.2 Å². The van der Waals surface area contributed by atoms with Gasteiger partial charge in [-0.1, -0.05) is 12.1 Å². The summed E-state index contributed by atoms with van der Waals surface area (Å²) in [6.07, 6.45) is 2.78. The first-order valence-corrected chi connectivity index (χ1v) is 7.36. The van der Waals surface area contributed by atoms with Crippen molar-refractivity contribution in [1.29, 1.82) is 0 Å². The number of esters is 1. The number of halogens is 1. The van der Waals surface area contributed by atoms with Crippen LogP contribution < -0.4 is 10.6 Å². The standard InChI is InChI=1S/C16H22N2O3.ClH/c1-21-16(20)13-6-4-12(5-7-13)8-10-18-15(19)14-3-2-9-17-11-14;/h4-7,14,17H,2-3,8-11H2,1H3,(H,18,19);1H. The van der Waals surface area contributed by atoms with E-state index in [1.54, 1.807) is 12.1 Å². The Morgan fingerprint density at radius 2 is 2.05 bits per heavy atom. The molecule has 0 aliphatic carbocycles. The first kappa shape index (κ1) is 18.5. The van der Waals surface area contributed by atoms with Crippen LogP contribution in [0, 0.1) is 5.92 Å². The van der Waals surface area contributed by atoms with Crippen LogP contribution in [0.4, 0.5) is 0 Å². The summed E-state index contributed by atoms with van der Waals surface area (Å²) in [6, 6.07) is 7.27. The zero-order valence-electron chi connectivity index (χ0n) is 12.8. The Bertz CT molecular complexity index is 485. The van der Waals surface area contributed by atoms with Gasteiger partial charge in [0.05, 0.1) is 18.6 Å². The quantitative estimate of drug-likeness (QED) is 0.806. The van der Waals surface area contributed by atoms with Gasteiger partial charge in [0, 0.05) is 13.1 Å². The van der Waals surface area contributed by atoms with Crippen molar-refractivity contribution in [2.45, 2.75) is 19.3 Å². The van der Waals surface area contributed by atoms with Crippen molar-refractivity contribution in [2.75, 3.05) is 26.7 Å². The molecule has 0 spiro atoms. The number of methoxy groups -OCH3 is 1. The van der Waals surface area contributed by atoms with Crippen molar-refractivity contribution in [1.82, 2.24) is 10.6 Å². The molecular formula is C16H23ClN2O3. The number of benzene rings is 1. The minimum Gasteiger partial charge on any atom is -0.465 e. The predicted octanol–water partition coefficient (Wildman–Crippen LogP) is 1.55. The van der Waals surface area contributed by atoms with Crippen LogP contribution >= 0.6 is 12.4 Å². The van der Waals surface area contributed by atoms with Gasteiger partial charge < -0.3 is 15.4 Å². The van der Waals surface area contributed by atoms with Gasteiger partial charge in [-0.2, -0.15) is 0 Å². The largest absolute Gasteiger partial charge is 0.465 e. The smallest absolute Gasteiger partial charge is 0.337 e. The molecule has 0 bridgehead atoms. The molecule has 1 aliphatic heterocycles. The first-order valence-electron chi connectivity index (χ1n) is 7.36. The van der Waals surface area contributed by atoms with Crippen molar-refractivity contribution in [2.24, 2.45) is 5.92 Å². The average Bonchev–Trinajstić information content (AvgIpc) is 2.55. The summed E-state index contributed by atoms with van der Waals surface area (Å²) in [4.78, 5) is 23.3. The van der Waals surface area contributed by atoms with Crippen molar-refractivity contribution in [3.8, 4) is 0 Å². The lowest BCUT2D eigenvalue weighted by Crippen LogP contribution is -2.41. The second-order valence-corrected chi connectivity index (χ2v) is 5.27. The van der Waals surface area contributed by atoms with Gasteiger partial charge >= 0.3 is 5.97 Å². The molecule has 1 saturated heterocycles. The lowest BCUT2D eigenvalue weighted by atomic mass is 9.99. The maximum Gasteiger partial charge on any atom is 0.337 e. The van der Waals surface area contributed by atoms with Gasteiger partial charge in [-0.15, -0.1) is 12.4 Å². The van der Waals surface area contributed by atoms with Crippen LogP contribution in [-0.2, 0) is 16.0 Å². The van der Waals surface area contributed by atoms with Gasteiger partial charge in [-0.05, 0) is 43.5 Å². The van der Waals surface area contributed by atoms with Crippen molar-refractivity contribution in [3.05, 3.63) is 35.4 Å². The number of ether oxygens (including phenoxy) is 1. The highest BCUT2D eigenvalue weighted by Crippen LogP contribution is 2.10. The SMILES string of the molecule is COC(=O)c1ccc(CCNC(=O)C2CCCNC2)cc1.Cl. The monoisotopic (exact) mass is 326 g/mol. The van der Waals surface area contributed by atoms with E-state index in [4.69, 9.17) is 0 Å². The zero-order chi connectivity index (χ0) is 15.1. The lowest BCUT2D eigenvalue weighted by molar-refractivity contribution is -0.125. The summed E-state index contributed by atoms with van der Waals surface area (Å²) in [7, 11) is 1.37. The van der Waals surface area contributed by atoms with E-state index in [0.29, 0.717) is 12.1 Å². The third kappa shape index (κ3) is 5.31. The molecule has 2 rings (SSSR count). The number of rotatable bonds is 5. The summed E-state index contributed by atoms with van der Waals surface area (Å²) in [5, 5.41) is 6.22. The number of carbonyl (C=O) groups excluding carboxylic acids is 2. The zero-order valence-corrected chi connectivity index (χ0v) is 13.6. The molecular weight excluding hydrogens is 304 g/mol. The second-order valence-electron chi connectivity index (χ2n) is 5.27. The Morgan fingerprint density at radius 1 is 1.32 bits per heavy atom. The van der Waals surface area contributed by atoms with E-state index in [0.717, 1.165) is 37.9 Å². The number of hydrogen-bond donors (Lipinski definition) is 2. The summed E-state index contributed by atoms with van der Waals surface area (Å²) < 4.78 is 4.65.